The molecular formula is C25H18N2O7S. The zero-order chi connectivity index (χ0) is 23.9. The lowest BCUT2D eigenvalue weighted by Gasteiger charge is -2.16. The molecule has 0 atom stereocenters. The van der Waals surface area contributed by atoms with E-state index in [1.54, 1.807) is 54.6 Å². The number of hydrogen-bond donors (Lipinski definition) is 1. The minimum atomic E-state index is -0.250. The van der Waals surface area contributed by atoms with E-state index in [2.05, 4.69) is 0 Å². The lowest BCUT2D eigenvalue weighted by atomic mass is 10.2. The fourth-order valence-electron chi connectivity index (χ4n) is 3.80. The molecule has 0 aromatic heterocycles. The first-order valence-corrected chi connectivity index (χ1v) is 11.4. The van der Waals surface area contributed by atoms with Crippen molar-refractivity contribution in [1.29, 1.82) is 0 Å². The first-order chi connectivity index (χ1) is 17.1. The summed E-state index contributed by atoms with van der Waals surface area (Å²) in [5.74, 6) is 2.52. The van der Waals surface area contributed by atoms with Crippen LogP contribution < -0.4 is 28.6 Å². The number of nitrogens with zero attached hydrogens (tertiary/aromatic N) is 2. The highest BCUT2D eigenvalue weighted by molar-refractivity contribution is 8.19. The molecule has 1 N–H and O–H groups in total. The maximum absolute atomic E-state index is 13.6. The maximum Gasteiger partial charge on any atom is 0.271 e. The van der Waals surface area contributed by atoms with Crippen LogP contribution in [0.15, 0.2) is 64.5 Å². The molecule has 3 heterocycles. The Morgan fingerprint density at radius 1 is 0.943 bits per heavy atom. The molecule has 6 rings (SSSR count). The van der Waals surface area contributed by atoms with Crippen LogP contribution in [0.3, 0.4) is 0 Å². The number of benzene rings is 3. The number of amides is 1. The Labute approximate surface area is 204 Å². The van der Waals surface area contributed by atoms with E-state index in [1.807, 2.05) is 0 Å². The van der Waals surface area contributed by atoms with Gasteiger partial charge in [0, 0.05) is 12.1 Å². The fourth-order valence-corrected chi connectivity index (χ4v) is 4.80. The monoisotopic (exact) mass is 490 g/mol. The Bertz CT molecular complexity index is 1420. The quantitative estimate of drug-likeness (QED) is 0.527. The molecule has 176 valence electrons. The average Bonchev–Trinajstić information content (AvgIpc) is 3.59. The molecule has 1 amide bonds. The molecular weight excluding hydrogens is 472 g/mol. The Morgan fingerprint density at radius 2 is 1.66 bits per heavy atom. The normalized spacial score (nSPS) is 18.1. The second-order valence-electron chi connectivity index (χ2n) is 7.65. The minimum absolute atomic E-state index is 0.0205. The smallest absolute Gasteiger partial charge is 0.271 e. The molecule has 0 saturated carbocycles. The molecule has 0 unspecified atom stereocenters. The number of ether oxygens (including phenoxy) is 5. The third kappa shape index (κ3) is 3.87. The third-order valence-corrected chi connectivity index (χ3v) is 6.47. The Kier molecular flexibility index (Phi) is 5.14. The number of thioether (sulfide) groups is 1. The van der Waals surface area contributed by atoms with Gasteiger partial charge in [0.1, 0.15) is 0 Å². The summed E-state index contributed by atoms with van der Waals surface area (Å²) in [6, 6.07) is 15.5. The van der Waals surface area contributed by atoms with Crippen molar-refractivity contribution in [1.82, 2.24) is 0 Å². The third-order valence-electron chi connectivity index (χ3n) is 5.50. The van der Waals surface area contributed by atoms with Crippen molar-refractivity contribution in [2.75, 3.05) is 25.6 Å². The van der Waals surface area contributed by atoms with Crippen molar-refractivity contribution in [3.8, 4) is 34.5 Å². The van der Waals surface area contributed by atoms with Gasteiger partial charge in [0.05, 0.1) is 23.4 Å². The summed E-state index contributed by atoms with van der Waals surface area (Å²) >= 11 is 1.24. The van der Waals surface area contributed by atoms with Gasteiger partial charge < -0.3 is 28.8 Å². The van der Waals surface area contributed by atoms with Gasteiger partial charge in [-0.25, -0.2) is 4.99 Å². The van der Waals surface area contributed by atoms with Gasteiger partial charge in [-0.1, -0.05) is 6.07 Å². The molecule has 1 fully saturated rings. The number of carbonyl (C=O) groups excluding carboxylic acids is 1. The van der Waals surface area contributed by atoms with E-state index < -0.39 is 0 Å². The second-order valence-corrected chi connectivity index (χ2v) is 8.66. The van der Waals surface area contributed by atoms with E-state index in [0.29, 0.717) is 55.8 Å². The van der Waals surface area contributed by atoms with Gasteiger partial charge in [-0.3, -0.25) is 9.69 Å². The van der Waals surface area contributed by atoms with Gasteiger partial charge >= 0.3 is 0 Å². The maximum atomic E-state index is 13.6. The second kappa shape index (κ2) is 8.48. The highest BCUT2D eigenvalue weighted by Gasteiger charge is 2.36. The number of phenols is 1. The zero-order valence-corrected chi connectivity index (χ0v) is 19.2. The topological polar surface area (TPSA) is 99.0 Å². The number of rotatable bonds is 4. The standard InChI is InChI=1S/C25H18N2O7S/c1-30-20-8-14(2-5-17(20)28)9-23-24(29)27(16-4-7-19-22(11-16)34-13-32-19)25(35-23)26-15-3-6-18-21(10-15)33-12-31-18/h2-11,28H,12-13H2,1H3/b23-9-,26-25?. The number of methoxy groups -OCH3 is 1. The number of fused-ring (bicyclic) bond motifs is 2. The van der Waals surface area contributed by atoms with E-state index >= 15 is 0 Å². The van der Waals surface area contributed by atoms with E-state index in [4.69, 9.17) is 28.7 Å². The van der Waals surface area contributed by atoms with Crippen LogP contribution in [0.4, 0.5) is 11.4 Å². The number of aliphatic imine (C=N–C) groups is 1. The number of hydrogen-bond acceptors (Lipinski definition) is 9. The van der Waals surface area contributed by atoms with Crippen LogP contribution in [0.1, 0.15) is 5.56 Å². The number of aromatic hydroxyl groups is 1. The summed E-state index contributed by atoms with van der Waals surface area (Å²) in [7, 11) is 1.47. The Balaban J connectivity index is 1.42. The molecule has 3 aromatic carbocycles. The van der Waals surface area contributed by atoms with Gasteiger partial charge in [-0.15, -0.1) is 0 Å². The van der Waals surface area contributed by atoms with Gasteiger partial charge in [0.2, 0.25) is 13.6 Å². The summed E-state index contributed by atoms with van der Waals surface area (Å²) in [5, 5.41) is 10.4. The molecule has 3 aromatic rings. The van der Waals surface area contributed by atoms with Crippen LogP contribution in [0.5, 0.6) is 34.5 Å². The average molecular weight is 490 g/mol. The van der Waals surface area contributed by atoms with Crippen molar-refractivity contribution in [3.05, 3.63) is 65.1 Å². The first-order valence-electron chi connectivity index (χ1n) is 10.6. The van der Waals surface area contributed by atoms with E-state index in [9.17, 15) is 9.90 Å². The Hall–Kier alpha value is -4.31. The van der Waals surface area contributed by atoms with Gasteiger partial charge in [-0.2, -0.15) is 0 Å². The number of amidine groups is 1. The van der Waals surface area contributed by atoms with Crippen LogP contribution in [0.2, 0.25) is 0 Å². The first kappa shape index (κ1) is 21.2. The molecule has 3 aliphatic rings. The van der Waals surface area contributed by atoms with Crippen LogP contribution in [0.25, 0.3) is 6.08 Å². The van der Waals surface area contributed by atoms with Gasteiger partial charge in [-0.05, 0) is 59.8 Å². The summed E-state index contributed by atoms with van der Waals surface area (Å²) in [6.07, 6.45) is 1.73. The number of carbonyl (C=O) groups is 1. The molecule has 9 nitrogen and oxygen atoms in total. The van der Waals surface area contributed by atoms with Crippen LogP contribution in [-0.2, 0) is 4.79 Å². The van der Waals surface area contributed by atoms with E-state index in [-0.39, 0.29) is 25.2 Å². The van der Waals surface area contributed by atoms with E-state index in [1.165, 1.54) is 29.8 Å². The highest BCUT2D eigenvalue weighted by Crippen LogP contribution is 2.43. The molecule has 0 radical (unpaired) electrons. The summed E-state index contributed by atoms with van der Waals surface area (Å²) < 4.78 is 27.0. The van der Waals surface area contributed by atoms with Crippen molar-refractivity contribution < 1.29 is 33.6 Å². The highest BCUT2D eigenvalue weighted by atomic mass is 32.2. The van der Waals surface area contributed by atoms with Crippen molar-refractivity contribution in [2.45, 2.75) is 0 Å². The molecule has 0 spiro atoms. The van der Waals surface area contributed by atoms with Gasteiger partial charge in [0.25, 0.3) is 5.91 Å². The number of phenolic OH excluding ortho intramolecular Hbond substituents is 1. The largest absolute Gasteiger partial charge is 0.504 e. The van der Waals surface area contributed by atoms with E-state index in [0.717, 1.165) is 0 Å². The van der Waals surface area contributed by atoms with Gasteiger partial charge in [0.15, 0.2) is 39.7 Å². The molecule has 3 aliphatic heterocycles. The Morgan fingerprint density at radius 3 is 2.43 bits per heavy atom. The SMILES string of the molecule is COc1cc(/C=C2\SC(=Nc3ccc4c(c3)OCO4)N(c3ccc4c(c3)OCO4)C2=O)ccc1O. The lowest BCUT2D eigenvalue weighted by molar-refractivity contribution is -0.113. The predicted octanol–water partition coefficient (Wildman–Crippen LogP) is 4.67. The predicted molar refractivity (Wildman–Crippen MR) is 130 cm³/mol. The molecule has 0 aliphatic carbocycles. The molecule has 0 bridgehead atoms. The van der Waals surface area contributed by atoms with Crippen LogP contribution in [-0.4, -0.2) is 36.9 Å². The van der Waals surface area contributed by atoms with Crippen LogP contribution in [0, 0.1) is 0 Å². The molecule has 1 saturated heterocycles. The molecule has 35 heavy (non-hydrogen) atoms. The van der Waals surface area contributed by atoms with Crippen molar-refractivity contribution in [3.63, 3.8) is 0 Å². The summed E-state index contributed by atoms with van der Waals surface area (Å²) in [5.41, 5.74) is 1.91. The lowest BCUT2D eigenvalue weighted by Crippen LogP contribution is -2.28. The summed E-state index contributed by atoms with van der Waals surface area (Å²) in [4.78, 5) is 20.3. The van der Waals surface area contributed by atoms with Crippen molar-refractivity contribution >= 4 is 40.3 Å². The number of anilines is 1. The minimum Gasteiger partial charge on any atom is -0.504 e. The summed E-state index contributed by atoms with van der Waals surface area (Å²) in [6.45, 7) is 0.294. The fraction of sp³-hybridized carbons (Fsp3) is 0.120. The zero-order valence-electron chi connectivity index (χ0n) is 18.4. The van der Waals surface area contributed by atoms with Crippen molar-refractivity contribution in [2.24, 2.45) is 4.99 Å². The molecule has 10 heteroatoms. The van der Waals surface area contributed by atoms with Crippen LogP contribution >= 0.6 is 11.8 Å².